The first-order valence-electron chi connectivity index (χ1n) is 8.40. The quantitative estimate of drug-likeness (QED) is 0.631. The lowest BCUT2D eigenvalue weighted by molar-refractivity contribution is -0.214. The molecule has 0 aromatic rings. The van der Waals surface area contributed by atoms with Crippen molar-refractivity contribution in [2.45, 2.75) is 88.5 Å². The first kappa shape index (κ1) is 18.5. The van der Waals surface area contributed by atoms with E-state index < -0.39 is 24.3 Å². The summed E-state index contributed by atoms with van der Waals surface area (Å²) in [5.41, 5.74) is 0. The van der Waals surface area contributed by atoms with Crippen LogP contribution in [0.3, 0.4) is 0 Å². The second-order valence-corrected chi connectivity index (χ2v) is 7.85. The van der Waals surface area contributed by atoms with Gasteiger partial charge in [-0.3, -0.25) is 0 Å². The predicted molar refractivity (Wildman–Crippen MR) is 86.8 cm³/mol. The molecule has 5 nitrogen and oxygen atoms in total. The minimum absolute atomic E-state index is 0.0000927. The van der Waals surface area contributed by atoms with E-state index in [1.165, 1.54) is 25.7 Å². The summed E-state index contributed by atoms with van der Waals surface area (Å²) in [6.45, 7) is 5.66. The second kappa shape index (κ2) is 8.31. The molecule has 2 saturated heterocycles. The van der Waals surface area contributed by atoms with Gasteiger partial charge in [0.15, 0.2) is 12.1 Å². The smallest absolute Gasteiger partial charge is 0.188 e. The molecule has 0 radical (unpaired) electrons. The van der Waals surface area contributed by atoms with Crippen LogP contribution in [0.2, 0.25) is 0 Å². The highest BCUT2D eigenvalue weighted by atomic mass is 32.2. The van der Waals surface area contributed by atoms with Crippen LogP contribution >= 0.6 is 11.8 Å². The minimum Gasteiger partial charge on any atom is -0.394 e. The molecule has 0 aromatic heterocycles. The SMILES string of the molecule is CCCCCCCS[C@H]1C([C@H](O)CO)O[C@@H]2OC(C)(C)O[C@@H]21. The van der Waals surface area contributed by atoms with E-state index >= 15 is 0 Å². The lowest BCUT2D eigenvalue weighted by atomic mass is 10.1. The average molecular weight is 334 g/mol. The number of unbranched alkanes of at least 4 members (excludes halogenated alkanes) is 4. The first-order chi connectivity index (χ1) is 10.5. The fourth-order valence-corrected chi connectivity index (χ4v) is 4.48. The molecule has 0 aliphatic carbocycles. The third-order valence-corrected chi connectivity index (χ3v) is 5.60. The molecule has 2 fully saturated rings. The van der Waals surface area contributed by atoms with Gasteiger partial charge < -0.3 is 24.4 Å². The van der Waals surface area contributed by atoms with Gasteiger partial charge in [-0.25, -0.2) is 0 Å². The summed E-state index contributed by atoms with van der Waals surface area (Å²) in [6.07, 6.45) is 4.26. The number of aliphatic hydroxyl groups excluding tert-OH is 2. The predicted octanol–water partition coefficient (Wildman–Crippen LogP) is 2.29. The number of hydrogen-bond acceptors (Lipinski definition) is 6. The molecule has 2 heterocycles. The highest BCUT2D eigenvalue weighted by Crippen LogP contribution is 2.43. The van der Waals surface area contributed by atoms with E-state index in [2.05, 4.69) is 6.92 Å². The van der Waals surface area contributed by atoms with Gasteiger partial charge in [-0.05, 0) is 26.0 Å². The van der Waals surface area contributed by atoms with Gasteiger partial charge >= 0.3 is 0 Å². The summed E-state index contributed by atoms with van der Waals surface area (Å²) in [7, 11) is 0. The Kier molecular flexibility index (Phi) is 6.98. The van der Waals surface area contributed by atoms with Gasteiger partial charge in [-0.15, -0.1) is 0 Å². The van der Waals surface area contributed by atoms with Crippen LogP contribution in [0.25, 0.3) is 0 Å². The largest absolute Gasteiger partial charge is 0.394 e. The molecule has 5 atom stereocenters. The van der Waals surface area contributed by atoms with Gasteiger partial charge in [0.2, 0.25) is 0 Å². The highest BCUT2D eigenvalue weighted by Gasteiger charge is 2.56. The molecular weight excluding hydrogens is 304 g/mol. The van der Waals surface area contributed by atoms with Gasteiger partial charge in [0.25, 0.3) is 0 Å². The summed E-state index contributed by atoms with van der Waals surface area (Å²) in [4.78, 5) is 0. The van der Waals surface area contributed by atoms with Crippen molar-refractivity contribution in [2.24, 2.45) is 0 Å². The summed E-state index contributed by atoms with van der Waals surface area (Å²) >= 11 is 1.77. The Labute approximate surface area is 137 Å². The maximum absolute atomic E-state index is 9.99. The number of rotatable bonds is 9. The highest BCUT2D eigenvalue weighted by molar-refractivity contribution is 8.00. The molecule has 2 N–H and O–H groups in total. The molecule has 0 amide bonds. The van der Waals surface area contributed by atoms with Crippen molar-refractivity contribution in [2.75, 3.05) is 12.4 Å². The van der Waals surface area contributed by atoms with Crippen LogP contribution in [0.15, 0.2) is 0 Å². The van der Waals surface area contributed by atoms with Crippen LogP contribution in [0, 0.1) is 0 Å². The van der Waals surface area contributed by atoms with Gasteiger partial charge in [-0.2, -0.15) is 11.8 Å². The van der Waals surface area contributed by atoms with Crippen molar-refractivity contribution in [1.82, 2.24) is 0 Å². The average Bonchev–Trinajstić information content (AvgIpc) is 2.94. The lowest BCUT2D eigenvalue weighted by Gasteiger charge is -2.27. The van der Waals surface area contributed by atoms with Gasteiger partial charge in [0, 0.05) is 0 Å². The Balaban J connectivity index is 1.85. The molecule has 2 rings (SSSR count). The van der Waals surface area contributed by atoms with Crippen molar-refractivity contribution in [3.05, 3.63) is 0 Å². The summed E-state index contributed by atoms with van der Waals surface area (Å²) in [5, 5.41) is 19.2. The van der Waals surface area contributed by atoms with Gasteiger partial charge in [-0.1, -0.05) is 32.6 Å². The maximum Gasteiger partial charge on any atom is 0.188 e. The van der Waals surface area contributed by atoms with Gasteiger partial charge in [0.05, 0.1) is 11.9 Å². The van der Waals surface area contributed by atoms with Crippen molar-refractivity contribution in [1.29, 1.82) is 0 Å². The van der Waals surface area contributed by atoms with Crippen LogP contribution in [-0.4, -0.2) is 58.2 Å². The van der Waals surface area contributed by atoms with Crippen molar-refractivity contribution in [3.8, 4) is 0 Å². The summed E-state index contributed by atoms with van der Waals surface area (Å²) in [5.74, 6) is 0.365. The minimum atomic E-state index is -0.890. The Morgan fingerprint density at radius 2 is 1.86 bits per heavy atom. The normalized spacial score (nSPS) is 34.8. The molecule has 0 bridgehead atoms. The van der Waals surface area contributed by atoms with Crippen LogP contribution in [0.5, 0.6) is 0 Å². The number of thioether (sulfide) groups is 1. The van der Waals surface area contributed by atoms with Crippen LogP contribution < -0.4 is 0 Å². The van der Waals surface area contributed by atoms with E-state index in [0.717, 1.165) is 12.2 Å². The van der Waals surface area contributed by atoms with Crippen LogP contribution in [-0.2, 0) is 14.2 Å². The monoisotopic (exact) mass is 334 g/mol. The first-order valence-corrected chi connectivity index (χ1v) is 9.45. The molecular formula is C16H30O5S. The number of hydrogen-bond donors (Lipinski definition) is 2. The number of ether oxygens (including phenoxy) is 3. The van der Waals surface area contributed by atoms with Crippen molar-refractivity contribution >= 4 is 11.8 Å². The Bertz CT molecular complexity index is 338. The zero-order chi connectivity index (χ0) is 16.2. The van der Waals surface area contributed by atoms with Crippen molar-refractivity contribution in [3.63, 3.8) is 0 Å². The van der Waals surface area contributed by atoms with E-state index in [1.807, 2.05) is 13.8 Å². The summed E-state index contributed by atoms with van der Waals surface area (Å²) in [6, 6.07) is 0. The molecule has 130 valence electrons. The van der Waals surface area contributed by atoms with Crippen LogP contribution in [0.4, 0.5) is 0 Å². The second-order valence-electron chi connectivity index (χ2n) is 6.57. The molecule has 2 aliphatic heterocycles. The molecule has 0 spiro atoms. The number of aliphatic hydroxyl groups is 2. The van der Waals surface area contributed by atoms with E-state index in [1.54, 1.807) is 11.8 Å². The fourth-order valence-electron chi connectivity index (χ4n) is 3.03. The number of fused-ring (bicyclic) bond motifs is 1. The summed E-state index contributed by atoms with van der Waals surface area (Å²) < 4.78 is 17.5. The van der Waals surface area contributed by atoms with E-state index in [0.29, 0.717) is 0 Å². The zero-order valence-corrected chi connectivity index (χ0v) is 14.7. The molecule has 0 aromatic carbocycles. The zero-order valence-electron chi connectivity index (χ0n) is 13.9. The fraction of sp³-hybridized carbons (Fsp3) is 1.00. The molecule has 22 heavy (non-hydrogen) atoms. The van der Waals surface area contributed by atoms with E-state index in [4.69, 9.17) is 14.2 Å². The van der Waals surface area contributed by atoms with Gasteiger partial charge in [0.1, 0.15) is 18.3 Å². The lowest BCUT2D eigenvalue weighted by Crippen LogP contribution is -2.40. The molecule has 0 saturated carbocycles. The molecule has 2 aliphatic rings. The Morgan fingerprint density at radius 3 is 2.55 bits per heavy atom. The molecule has 1 unspecified atom stereocenters. The van der Waals surface area contributed by atoms with E-state index in [-0.39, 0.29) is 18.0 Å². The van der Waals surface area contributed by atoms with Crippen LogP contribution in [0.1, 0.15) is 52.9 Å². The Morgan fingerprint density at radius 1 is 1.14 bits per heavy atom. The Hall–Kier alpha value is 0.150. The third-order valence-electron chi connectivity index (χ3n) is 4.15. The third kappa shape index (κ3) is 4.58. The molecule has 6 heteroatoms. The van der Waals surface area contributed by atoms with Crippen molar-refractivity contribution < 1.29 is 24.4 Å². The van der Waals surface area contributed by atoms with E-state index in [9.17, 15) is 10.2 Å². The maximum atomic E-state index is 9.99. The topological polar surface area (TPSA) is 68.2 Å². The standard InChI is InChI=1S/C16H30O5S/c1-4-5-6-7-8-9-22-14-12(11(18)10-17)19-15-13(14)20-16(2,3)21-15/h11-15,17-18H,4-10H2,1-3H3/t11-,12?,13-,14+,15-/m1/s1.